The molecule has 1 N–H and O–H groups in total. The summed E-state index contributed by atoms with van der Waals surface area (Å²) in [6.07, 6.45) is 4.29. The topological polar surface area (TPSA) is 110 Å². The van der Waals surface area contributed by atoms with Gasteiger partial charge in [-0.15, -0.1) is 10.2 Å². The number of sulfonamides is 1. The fraction of sp³-hybridized carbons (Fsp3) is 0.562. The molecule has 11 heteroatoms. The van der Waals surface area contributed by atoms with E-state index in [4.69, 9.17) is 4.42 Å². The van der Waals surface area contributed by atoms with Crippen LogP contribution >= 0.6 is 11.8 Å². The second-order valence-electron chi connectivity index (χ2n) is 6.34. The molecule has 148 valence electrons. The highest BCUT2D eigenvalue weighted by molar-refractivity contribution is 7.99. The Labute approximate surface area is 162 Å². The van der Waals surface area contributed by atoms with Crippen molar-refractivity contribution in [2.45, 2.75) is 37.5 Å². The first-order chi connectivity index (χ1) is 12.9. The average Bonchev–Trinajstić information content (AvgIpc) is 3.28. The SMILES string of the molecule is CCn1c(SCC(=O)NC2CCCN(S(C)(=O)=O)C2)nnc1-c1ccco1. The maximum absolute atomic E-state index is 12.3. The predicted molar refractivity (Wildman–Crippen MR) is 102 cm³/mol. The molecule has 1 unspecified atom stereocenters. The van der Waals surface area contributed by atoms with Gasteiger partial charge in [-0.05, 0) is 31.9 Å². The molecule has 2 aromatic heterocycles. The van der Waals surface area contributed by atoms with Crippen molar-refractivity contribution in [2.75, 3.05) is 25.1 Å². The highest BCUT2D eigenvalue weighted by Crippen LogP contribution is 2.24. The molecule has 1 atom stereocenters. The van der Waals surface area contributed by atoms with Crippen molar-refractivity contribution in [1.82, 2.24) is 24.4 Å². The largest absolute Gasteiger partial charge is 0.461 e. The lowest BCUT2D eigenvalue weighted by Gasteiger charge is -2.31. The van der Waals surface area contributed by atoms with Crippen LogP contribution in [0.3, 0.4) is 0 Å². The molecular formula is C16H23N5O4S2. The summed E-state index contributed by atoms with van der Waals surface area (Å²) >= 11 is 1.30. The van der Waals surface area contributed by atoms with Crippen molar-refractivity contribution < 1.29 is 17.6 Å². The molecule has 9 nitrogen and oxygen atoms in total. The lowest BCUT2D eigenvalue weighted by molar-refractivity contribution is -0.119. The molecule has 1 aliphatic rings. The van der Waals surface area contributed by atoms with Gasteiger partial charge in [0, 0.05) is 25.7 Å². The van der Waals surface area contributed by atoms with Gasteiger partial charge < -0.3 is 9.73 Å². The van der Waals surface area contributed by atoms with Gasteiger partial charge in [0.05, 0.1) is 18.3 Å². The lowest BCUT2D eigenvalue weighted by atomic mass is 10.1. The van der Waals surface area contributed by atoms with Crippen molar-refractivity contribution in [1.29, 1.82) is 0 Å². The smallest absolute Gasteiger partial charge is 0.230 e. The van der Waals surface area contributed by atoms with E-state index < -0.39 is 10.0 Å². The van der Waals surface area contributed by atoms with Gasteiger partial charge in [0.1, 0.15) is 0 Å². The molecular weight excluding hydrogens is 390 g/mol. The molecule has 3 rings (SSSR count). The zero-order valence-electron chi connectivity index (χ0n) is 15.3. The molecule has 1 aliphatic heterocycles. The van der Waals surface area contributed by atoms with E-state index >= 15 is 0 Å². The summed E-state index contributed by atoms with van der Waals surface area (Å²) in [6, 6.07) is 3.44. The van der Waals surface area contributed by atoms with Crippen LogP contribution in [-0.4, -0.2) is 64.5 Å². The number of furan rings is 1. The van der Waals surface area contributed by atoms with Crippen molar-refractivity contribution in [3.05, 3.63) is 18.4 Å². The Morgan fingerprint density at radius 1 is 1.44 bits per heavy atom. The molecule has 27 heavy (non-hydrogen) atoms. The minimum absolute atomic E-state index is 0.148. The number of thioether (sulfide) groups is 1. The zero-order valence-corrected chi connectivity index (χ0v) is 16.9. The van der Waals surface area contributed by atoms with Gasteiger partial charge >= 0.3 is 0 Å². The molecule has 1 fully saturated rings. The van der Waals surface area contributed by atoms with E-state index in [1.807, 2.05) is 17.6 Å². The summed E-state index contributed by atoms with van der Waals surface area (Å²) < 4.78 is 32.0. The molecule has 0 spiro atoms. The minimum atomic E-state index is -3.23. The van der Waals surface area contributed by atoms with Gasteiger partial charge in [0.15, 0.2) is 16.7 Å². The average molecular weight is 414 g/mol. The Morgan fingerprint density at radius 3 is 2.93 bits per heavy atom. The Balaban J connectivity index is 1.57. The van der Waals surface area contributed by atoms with E-state index in [0.29, 0.717) is 36.4 Å². The van der Waals surface area contributed by atoms with Crippen LogP contribution in [0.5, 0.6) is 0 Å². The number of carbonyl (C=O) groups is 1. The second kappa shape index (κ2) is 8.44. The Morgan fingerprint density at radius 2 is 2.26 bits per heavy atom. The zero-order chi connectivity index (χ0) is 19.4. The van der Waals surface area contributed by atoms with Gasteiger partial charge in [-0.25, -0.2) is 12.7 Å². The third kappa shape index (κ3) is 4.90. The third-order valence-electron chi connectivity index (χ3n) is 4.33. The summed E-state index contributed by atoms with van der Waals surface area (Å²) in [4.78, 5) is 12.3. The number of hydrogen-bond acceptors (Lipinski definition) is 7. The van der Waals surface area contributed by atoms with Gasteiger partial charge in [-0.1, -0.05) is 11.8 Å². The predicted octanol–water partition coefficient (Wildman–Crippen LogP) is 1.19. The molecule has 1 saturated heterocycles. The molecule has 0 aliphatic carbocycles. The first-order valence-electron chi connectivity index (χ1n) is 8.73. The maximum atomic E-state index is 12.3. The van der Waals surface area contributed by atoms with Crippen molar-refractivity contribution in [3.63, 3.8) is 0 Å². The van der Waals surface area contributed by atoms with E-state index in [1.54, 1.807) is 12.3 Å². The van der Waals surface area contributed by atoms with Gasteiger partial charge in [0.2, 0.25) is 15.9 Å². The van der Waals surface area contributed by atoms with E-state index in [2.05, 4.69) is 15.5 Å². The molecule has 0 saturated carbocycles. The van der Waals surface area contributed by atoms with Gasteiger partial charge in [-0.2, -0.15) is 0 Å². The highest BCUT2D eigenvalue weighted by Gasteiger charge is 2.27. The standard InChI is InChI=1S/C16H23N5O4S2/c1-3-21-15(13-7-5-9-25-13)18-19-16(21)26-11-14(22)17-12-6-4-8-20(10-12)27(2,23)24/h5,7,9,12H,3-4,6,8,10-11H2,1-2H3,(H,17,22). The highest BCUT2D eigenvalue weighted by atomic mass is 32.2. The number of nitrogens with one attached hydrogen (secondary N) is 1. The fourth-order valence-corrected chi connectivity index (χ4v) is 4.75. The van der Waals surface area contributed by atoms with Crippen LogP contribution in [0.1, 0.15) is 19.8 Å². The fourth-order valence-electron chi connectivity index (χ4n) is 3.03. The number of rotatable bonds is 7. The summed E-state index contributed by atoms with van der Waals surface area (Å²) in [6.45, 7) is 3.46. The van der Waals surface area contributed by atoms with Crippen LogP contribution < -0.4 is 5.32 Å². The van der Waals surface area contributed by atoms with Gasteiger partial charge in [-0.3, -0.25) is 9.36 Å². The number of carbonyl (C=O) groups excluding carboxylic acids is 1. The third-order valence-corrected chi connectivity index (χ3v) is 6.56. The summed E-state index contributed by atoms with van der Waals surface area (Å²) in [7, 11) is -3.23. The molecule has 2 aromatic rings. The Hall–Kier alpha value is -1.85. The van der Waals surface area contributed by atoms with Crippen molar-refractivity contribution in [2.24, 2.45) is 0 Å². The normalized spacial score (nSPS) is 18.5. The summed E-state index contributed by atoms with van der Waals surface area (Å²) in [5.41, 5.74) is 0. The van der Waals surface area contributed by atoms with Gasteiger partial charge in [0.25, 0.3) is 0 Å². The van der Waals surface area contributed by atoms with Crippen molar-refractivity contribution >= 4 is 27.7 Å². The van der Waals surface area contributed by atoms with E-state index in [9.17, 15) is 13.2 Å². The number of nitrogens with zero attached hydrogens (tertiary/aromatic N) is 4. The first-order valence-corrected chi connectivity index (χ1v) is 11.6. The number of aromatic nitrogens is 3. The second-order valence-corrected chi connectivity index (χ2v) is 9.27. The van der Waals surface area contributed by atoms with E-state index in [0.717, 1.165) is 12.8 Å². The molecule has 0 radical (unpaired) electrons. The number of hydrogen-bond donors (Lipinski definition) is 1. The van der Waals surface area contributed by atoms with Crippen LogP contribution in [0.4, 0.5) is 0 Å². The molecule has 3 heterocycles. The number of amides is 1. The Bertz CT molecular complexity index is 879. The van der Waals surface area contributed by atoms with Crippen LogP contribution in [0.2, 0.25) is 0 Å². The molecule has 1 amide bonds. The van der Waals surface area contributed by atoms with Crippen LogP contribution in [0, 0.1) is 0 Å². The van der Waals surface area contributed by atoms with Crippen LogP contribution in [0.25, 0.3) is 11.6 Å². The summed E-state index contributed by atoms with van der Waals surface area (Å²) in [5.74, 6) is 1.29. The molecule has 0 bridgehead atoms. The van der Waals surface area contributed by atoms with Crippen molar-refractivity contribution in [3.8, 4) is 11.6 Å². The maximum Gasteiger partial charge on any atom is 0.230 e. The summed E-state index contributed by atoms with van der Waals surface area (Å²) in [5, 5.41) is 11.9. The van der Waals surface area contributed by atoms with Crippen LogP contribution in [0.15, 0.2) is 28.0 Å². The quantitative estimate of drug-likeness (QED) is 0.679. The lowest BCUT2D eigenvalue weighted by Crippen LogP contribution is -2.49. The van der Waals surface area contributed by atoms with E-state index in [-0.39, 0.29) is 17.7 Å². The van der Waals surface area contributed by atoms with E-state index in [1.165, 1.54) is 22.3 Å². The monoisotopic (exact) mass is 413 g/mol. The Kier molecular flexibility index (Phi) is 6.22. The minimum Gasteiger partial charge on any atom is -0.461 e. The molecule has 0 aromatic carbocycles. The van der Waals surface area contributed by atoms with Crippen LogP contribution in [-0.2, 0) is 21.4 Å². The first kappa shape index (κ1) is 19.9. The number of piperidine rings is 1.